The molecule has 0 spiro atoms. The summed E-state index contributed by atoms with van der Waals surface area (Å²) in [7, 11) is 0. The summed E-state index contributed by atoms with van der Waals surface area (Å²) in [6.07, 6.45) is 3.35. The molecule has 0 saturated heterocycles. The van der Waals surface area contributed by atoms with Gasteiger partial charge in [0.05, 0.1) is 19.3 Å². The number of hydrogen-bond acceptors (Lipinski definition) is 2. The monoisotopic (exact) mass is 236 g/mol. The summed E-state index contributed by atoms with van der Waals surface area (Å²) in [6.45, 7) is 8.50. The van der Waals surface area contributed by atoms with E-state index in [1.807, 2.05) is 0 Å². The molecule has 0 unspecified atom stereocenters. The average Bonchev–Trinajstić information content (AvgIpc) is 2.79. The predicted octanol–water partition coefficient (Wildman–Crippen LogP) is 2.77. The highest BCUT2D eigenvalue weighted by Crippen LogP contribution is 2.53. The highest BCUT2D eigenvalue weighted by Gasteiger charge is 2.48. The Morgan fingerprint density at radius 1 is 1.18 bits per heavy atom. The average molecular weight is 236 g/mol. The van der Waals surface area contributed by atoms with Crippen LogP contribution in [-0.2, 0) is 4.74 Å². The summed E-state index contributed by atoms with van der Waals surface area (Å²) in [6, 6.07) is 0. The zero-order chi connectivity index (χ0) is 12.2. The van der Waals surface area contributed by atoms with E-state index >= 15 is 0 Å². The number of aliphatic hydroxyl groups excluding tert-OH is 1. The first-order valence-corrected chi connectivity index (χ1v) is 6.94. The van der Waals surface area contributed by atoms with Gasteiger partial charge in [0, 0.05) is 0 Å². The Hall–Kier alpha value is -0.340. The van der Waals surface area contributed by atoms with E-state index in [-0.39, 0.29) is 6.10 Å². The summed E-state index contributed by atoms with van der Waals surface area (Å²) >= 11 is 0. The summed E-state index contributed by atoms with van der Waals surface area (Å²) in [5.41, 5.74) is 3.03. The van der Waals surface area contributed by atoms with Crippen LogP contribution in [0.2, 0.25) is 0 Å². The Morgan fingerprint density at radius 2 is 1.88 bits per heavy atom. The third-order valence-electron chi connectivity index (χ3n) is 5.18. The van der Waals surface area contributed by atoms with Crippen LogP contribution >= 0.6 is 0 Å². The summed E-state index contributed by atoms with van der Waals surface area (Å²) in [5.74, 6) is 1.87. The summed E-state index contributed by atoms with van der Waals surface area (Å²) < 4.78 is 5.53. The number of ether oxygens (including phenoxy) is 1. The zero-order valence-corrected chi connectivity index (χ0v) is 11.2. The lowest BCUT2D eigenvalue weighted by Gasteiger charge is -2.26. The van der Waals surface area contributed by atoms with Gasteiger partial charge >= 0.3 is 0 Å². The molecule has 0 amide bonds. The molecule has 1 N–H and O–H groups in total. The van der Waals surface area contributed by atoms with Crippen LogP contribution in [0.3, 0.4) is 0 Å². The second-order valence-electron chi connectivity index (χ2n) is 7.15. The van der Waals surface area contributed by atoms with Gasteiger partial charge in [-0.15, -0.1) is 0 Å². The fourth-order valence-electron chi connectivity index (χ4n) is 4.39. The van der Waals surface area contributed by atoms with Crippen LogP contribution in [0.25, 0.3) is 0 Å². The molecule has 3 aliphatic rings. The van der Waals surface area contributed by atoms with Gasteiger partial charge in [0.25, 0.3) is 0 Å². The van der Waals surface area contributed by atoms with Crippen molar-refractivity contribution in [1.29, 1.82) is 0 Å². The Kier molecular flexibility index (Phi) is 2.64. The van der Waals surface area contributed by atoms with Crippen molar-refractivity contribution in [2.45, 2.75) is 46.1 Å². The molecule has 0 radical (unpaired) electrons. The van der Waals surface area contributed by atoms with Crippen LogP contribution in [0.15, 0.2) is 11.1 Å². The van der Waals surface area contributed by atoms with Crippen molar-refractivity contribution in [3.8, 4) is 0 Å². The van der Waals surface area contributed by atoms with E-state index in [9.17, 15) is 5.11 Å². The van der Waals surface area contributed by atoms with Crippen molar-refractivity contribution in [2.24, 2.45) is 23.2 Å². The van der Waals surface area contributed by atoms with Crippen molar-refractivity contribution in [3.63, 3.8) is 0 Å². The quantitative estimate of drug-likeness (QED) is 0.655. The van der Waals surface area contributed by atoms with E-state index in [0.29, 0.717) is 29.8 Å². The normalized spacial score (nSPS) is 44.5. The van der Waals surface area contributed by atoms with Crippen molar-refractivity contribution in [3.05, 3.63) is 11.1 Å². The summed E-state index contributed by atoms with van der Waals surface area (Å²) in [5, 5.41) is 10.6. The van der Waals surface area contributed by atoms with Gasteiger partial charge < -0.3 is 9.84 Å². The largest absolute Gasteiger partial charge is 0.388 e. The van der Waals surface area contributed by atoms with Crippen LogP contribution in [0.5, 0.6) is 0 Å². The summed E-state index contributed by atoms with van der Waals surface area (Å²) in [4.78, 5) is 0. The zero-order valence-electron chi connectivity index (χ0n) is 11.2. The van der Waals surface area contributed by atoms with Crippen LogP contribution in [-0.4, -0.2) is 24.4 Å². The molecule has 1 fully saturated rings. The first kappa shape index (κ1) is 11.7. The molecule has 0 aromatic carbocycles. The number of hydrogen-bond donors (Lipinski definition) is 1. The van der Waals surface area contributed by atoms with Gasteiger partial charge in [0.15, 0.2) is 0 Å². The number of fused-ring (bicyclic) bond motifs is 1. The van der Waals surface area contributed by atoms with E-state index in [1.165, 1.54) is 24.0 Å². The molecule has 4 atom stereocenters. The smallest absolute Gasteiger partial charge is 0.0806 e. The highest BCUT2D eigenvalue weighted by atomic mass is 16.5. The van der Waals surface area contributed by atoms with E-state index < -0.39 is 0 Å². The van der Waals surface area contributed by atoms with Gasteiger partial charge in [0.1, 0.15) is 0 Å². The lowest BCUT2D eigenvalue weighted by Crippen LogP contribution is -2.28. The molecular weight excluding hydrogens is 212 g/mol. The maximum atomic E-state index is 10.6. The van der Waals surface area contributed by atoms with Crippen LogP contribution in [0.1, 0.15) is 40.0 Å². The second-order valence-corrected chi connectivity index (χ2v) is 7.15. The maximum absolute atomic E-state index is 10.6. The van der Waals surface area contributed by atoms with Gasteiger partial charge in [-0.25, -0.2) is 0 Å². The fraction of sp³-hybridized carbons (Fsp3) is 0.867. The molecule has 2 heteroatoms. The minimum absolute atomic E-state index is 0.232. The van der Waals surface area contributed by atoms with Crippen molar-refractivity contribution in [2.75, 3.05) is 13.2 Å². The van der Waals surface area contributed by atoms with E-state index in [0.717, 1.165) is 13.0 Å². The molecular formula is C15H24O2. The molecule has 2 nitrogen and oxygen atoms in total. The van der Waals surface area contributed by atoms with Gasteiger partial charge in [0.2, 0.25) is 0 Å². The maximum Gasteiger partial charge on any atom is 0.0806 e. The van der Waals surface area contributed by atoms with Gasteiger partial charge in [-0.3, -0.25) is 0 Å². The second kappa shape index (κ2) is 3.83. The fourth-order valence-corrected chi connectivity index (χ4v) is 4.39. The molecule has 17 heavy (non-hydrogen) atoms. The Labute approximate surface area is 104 Å². The molecule has 1 saturated carbocycles. The minimum atomic E-state index is -0.232. The number of aliphatic hydroxyl groups is 1. The Balaban J connectivity index is 1.93. The molecule has 96 valence electrons. The predicted molar refractivity (Wildman–Crippen MR) is 67.6 cm³/mol. The first-order chi connectivity index (χ1) is 7.98. The molecule has 1 aliphatic heterocycles. The molecule has 2 aliphatic carbocycles. The van der Waals surface area contributed by atoms with E-state index in [4.69, 9.17) is 4.74 Å². The molecule has 3 rings (SSSR count). The molecule has 1 heterocycles. The van der Waals surface area contributed by atoms with Gasteiger partial charge in [-0.05, 0) is 53.6 Å². The standard InChI is InChI=1S/C15H24O2/c1-9-4-10-7-17-8-13(10)14(16)12-6-15(2,3)5-11(9)12/h9,11-12,14,16H,4-8H2,1-3H3/t9-,11-,12-,14+/m1/s1. The van der Waals surface area contributed by atoms with Crippen LogP contribution in [0.4, 0.5) is 0 Å². The molecule has 0 aromatic rings. The third-order valence-corrected chi connectivity index (χ3v) is 5.18. The van der Waals surface area contributed by atoms with Gasteiger partial charge in [-0.1, -0.05) is 20.8 Å². The van der Waals surface area contributed by atoms with E-state index in [1.54, 1.807) is 0 Å². The number of rotatable bonds is 0. The highest BCUT2D eigenvalue weighted by molar-refractivity contribution is 5.27. The molecule has 0 bridgehead atoms. The Bertz CT molecular complexity index is 356. The lowest BCUT2D eigenvalue weighted by atomic mass is 9.81. The van der Waals surface area contributed by atoms with Crippen LogP contribution in [0, 0.1) is 23.2 Å². The van der Waals surface area contributed by atoms with Crippen molar-refractivity contribution >= 4 is 0 Å². The van der Waals surface area contributed by atoms with Crippen molar-refractivity contribution in [1.82, 2.24) is 0 Å². The minimum Gasteiger partial charge on any atom is -0.388 e. The Morgan fingerprint density at radius 3 is 2.65 bits per heavy atom. The lowest BCUT2D eigenvalue weighted by molar-refractivity contribution is 0.0867. The van der Waals surface area contributed by atoms with Crippen LogP contribution < -0.4 is 0 Å². The SMILES string of the molecule is C[C@@H]1CC2=C(COC2)[C@@H](O)[C@@H]2CC(C)(C)C[C@@H]21. The van der Waals surface area contributed by atoms with Gasteiger partial charge in [-0.2, -0.15) is 0 Å². The van der Waals surface area contributed by atoms with E-state index in [2.05, 4.69) is 20.8 Å². The van der Waals surface area contributed by atoms with Crippen molar-refractivity contribution < 1.29 is 9.84 Å². The first-order valence-electron chi connectivity index (χ1n) is 6.94. The third kappa shape index (κ3) is 1.86. The molecule has 0 aromatic heterocycles. The topological polar surface area (TPSA) is 29.5 Å².